The summed E-state index contributed by atoms with van der Waals surface area (Å²) in [4.78, 5) is 14.2. The van der Waals surface area contributed by atoms with Crippen LogP contribution in [-0.2, 0) is 11.3 Å². The number of hydrogen-bond acceptors (Lipinski definition) is 6. The molecular weight excluding hydrogens is 258 g/mol. The van der Waals surface area contributed by atoms with Crippen molar-refractivity contribution in [1.82, 2.24) is 25.5 Å². The van der Waals surface area contributed by atoms with Crippen LogP contribution >= 0.6 is 0 Å². The molecule has 1 aliphatic heterocycles. The Hall–Kier alpha value is -2.43. The molecule has 104 valence electrons. The number of rotatable bonds is 2. The van der Waals surface area contributed by atoms with Gasteiger partial charge in [0.1, 0.15) is 5.54 Å². The van der Waals surface area contributed by atoms with Crippen molar-refractivity contribution < 1.29 is 4.79 Å². The number of tetrazole rings is 1. The molecule has 2 heterocycles. The van der Waals surface area contributed by atoms with E-state index in [9.17, 15) is 10.1 Å². The second kappa shape index (κ2) is 4.30. The highest BCUT2D eigenvalue weighted by atomic mass is 16.2. The zero-order valence-electron chi connectivity index (χ0n) is 11.4. The van der Waals surface area contributed by atoms with E-state index in [0.717, 1.165) is 12.1 Å². The van der Waals surface area contributed by atoms with Crippen LogP contribution in [0.4, 0.5) is 5.95 Å². The van der Waals surface area contributed by atoms with Gasteiger partial charge in [0.15, 0.2) is 0 Å². The van der Waals surface area contributed by atoms with Gasteiger partial charge in [-0.3, -0.25) is 4.79 Å². The third-order valence-corrected chi connectivity index (χ3v) is 4.11. The number of amides is 1. The number of carbonyl (C=O) groups is 1. The highest BCUT2D eigenvalue weighted by Crippen LogP contribution is 2.32. The molecule has 1 fully saturated rings. The van der Waals surface area contributed by atoms with Gasteiger partial charge in [0.25, 0.3) is 5.91 Å². The van der Waals surface area contributed by atoms with Gasteiger partial charge < -0.3 is 10.2 Å². The molecule has 0 saturated heterocycles. The van der Waals surface area contributed by atoms with Gasteiger partial charge >= 0.3 is 0 Å². The summed E-state index contributed by atoms with van der Waals surface area (Å²) in [6.45, 7) is 2.18. The molecule has 1 amide bonds. The van der Waals surface area contributed by atoms with Gasteiger partial charge in [-0.1, -0.05) is 5.10 Å². The normalized spacial score (nSPS) is 19.9. The SMILES string of the molecule is CC1=C(C(=O)NC2(C#N)CCC2)Cn2nnnc2N1C. The first-order valence-electron chi connectivity index (χ1n) is 6.50. The van der Waals surface area contributed by atoms with Crippen LogP contribution in [0.2, 0.25) is 0 Å². The quantitative estimate of drug-likeness (QED) is 0.811. The maximum Gasteiger partial charge on any atom is 0.252 e. The molecule has 0 unspecified atom stereocenters. The first-order chi connectivity index (χ1) is 9.56. The van der Waals surface area contributed by atoms with Gasteiger partial charge in [0.05, 0.1) is 18.2 Å². The van der Waals surface area contributed by atoms with Gasteiger partial charge in [0, 0.05) is 12.7 Å². The Morgan fingerprint density at radius 3 is 2.85 bits per heavy atom. The average Bonchev–Trinajstić information content (AvgIpc) is 2.86. The van der Waals surface area contributed by atoms with Crippen molar-refractivity contribution in [2.45, 2.75) is 38.3 Å². The summed E-state index contributed by atoms with van der Waals surface area (Å²) in [6.07, 6.45) is 2.41. The fourth-order valence-corrected chi connectivity index (χ4v) is 2.48. The predicted octanol–water partition coefficient (Wildman–Crippen LogP) is -0.0406. The fraction of sp³-hybridized carbons (Fsp3) is 0.583. The van der Waals surface area contributed by atoms with Crippen LogP contribution in [0, 0.1) is 11.3 Å². The summed E-state index contributed by atoms with van der Waals surface area (Å²) in [7, 11) is 1.81. The van der Waals surface area contributed by atoms with Crippen molar-refractivity contribution in [3.8, 4) is 6.07 Å². The number of aromatic nitrogens is 4. The van der Waals surface area contributed by atoms with Crippen LogP contribution in [0.3, 0.4) is 0 Å². The Balaban J connectivity index is 1.85. The summed E-state index contributed by atoms with van der Waals surface area (Å²) in [5, 5.41) is 23.4. The zero-order chi connectivity index (χ0) is 14.3. The second-order valence-corrected chi connectivity index (χ2v) is 5.26. The van der Waals surface area contributed by atoms with E-state index in [1.165, 1.54) is 0 Å². The lowest BCUT2D eigenvalue weighted by Crippen LogP contribution is -2.53. The Bertz CT molecular complexity index is 634. The topological polar surface area (TPSA) is 99.7 Å². The average molecular weight is 273 g/mol. The lowest BCUT2D eigenvalue weighted by molar-refractivity contribution is -0.119. The molecular formula is C12H15N7O. The van der Waals surface area contributed by atoms with Crippen LogP contribution in [-0.4, -0.2) is 38.7 Å². The van der Waals surface area contributed by atoms with E-state index in [2.05, 4.69) is 26.9 Å². The number of allylic oxidation sites excluding steroid dienone is 1. The van der Waals surface area contributed by atoms with Crippen molar-refractivity contribution in [3.05, 3.63) is 11.3 Å². The molecule has 1 aromatic heterocycles. The number of anilines is 1. The van der Waals surface area contributed by atoms with Crippen molar-refractivity contribution in [2.24, 2.45) is 0 Å². The number of nitrogens with zero attached hydrogens (tertiary/aromatic N) is 6. The predicted molar refractivity (Wildman–Crippen MR) is 69.3 cm³/mol. The third-order valence-electron chi connectivity index (χ3n) is 4.11. The summed E-state index contributed by atoms with van der Waals surface area (Å²) < 4.78 is 1.57. The van der Waals surface area contributed by atoms with E-state index in [0.29, 0.717) is 30.9 Å². The molecule has 8 heteroatoms. The molecule has 0 radical (unpaired) electrons. The number of fused-ring (bicyclic) bond motifs is 1. The minimum atomic E-state index is -0.691. The maximum absolute atomic E-state index is 12.4. The molecule has 20 heavy (non-hydrogen) atoms. The molecule has 0 spiro atoms. The van der Waals surface area contributed by atoms with E-state index < -0.39 is 5.54 Å². The van der Waals surface area contributed by atoms with Crippen molar-refractivity contribution in [1.29, 1.82) is 5.26 Å². The second-order valence-electron chi connectivity index (χ2n) is 5.26. The Labute approximate surface area is 116 Å². The van der Waals surface area contributed by atoms with E-state index in [-0.39, 0.29) is 5.91 Å². The molecule has 1 saturated carbocycles. The minimum Gasteiger partial charge on any atom is -0.334 e. The molecule has 2 aliphatic rings. The molecule has 1 N–H and O–H groups in total. The summed E-state index contributed by atoms with van der Waals surface area (Å²) in [5.41, 5.74) is 0.704. The molecule has 8 nitrogen and oxygen atoms in total. The van der Waals surface area contributed by atoms with Gasteiger partial charge in [-0.15, -0.1) is 0 Å². The molecule has 0 atom stereocenters. The maximum atomic E-state index is 12.4. The summed E-state index contributed by atoms with van der Waals surface area (Å²) >= 11 is 0. The molecule has 1 aliphatic carbocycles. The fourth-order valence-electron chi connectivity index (χ4n) is 2.48. The lowest BCUT2D eigenvalue weighted by Gasteiger charge is -2.37. The Kier molecular flexibility index (Phi) is 2.71. The first kappa shape index (κ1) is 12.6. The highest BCUT2D eigenvalue weighted by molar-refractivity contribution is 5.95. The zero-order valence-corrected chi connectivity index (χ0v) is 11.4. The van der Waals surface area contributed by atoms with E-state index in [1.807, 2.05) is 14.0 Å². The van der Waals surface area contributed by atoms with E-state index in [4.69, 9.17) is 0 Å². The van der Waals surface area contributed by atoms with Crippen molar-refractivity contribution in [3.63, 3.8) is 0 Å². The summed E-state index contributed by atoms with van der Waals surface area (Å²) in [5.74, 6) is 0.398. The first-order valence-corrected chi connectivity index (χ1v) is 6.50. The van der Waals surface area contributed by atoms with Crippen molar-refractivity contribution >= 4 is 11.9 Å². The molecule has 1 aromatic rings. The lowest BCUT2D eigenvalue weighted by atomic mass is 9.78. The van der Waals surface area contributed by atoms with Crippen LogP contribution in [0.1, 0.15) is 26.2 Å². The third kappa shape index (κ3) is 1.74. The highest BCUT2D eigenvalue weighted by Gasteiger charge is 2.40. The number of carbonyl (C=O) groups excluding carboxylic acids is 1. The number of hydrogen-bond donors (Lipinski definition) is 1. The van der Waals surface area contributed by atoms with E-state index >= 15 is 0 Å². The van der Waals surface area contributed by atoms with Crippen LogP contribution < -0.4 is 10.2 Å². The van der Waals surface area contributed by atoms with Crippen LogP contribution in [0.15, 0.2) is 11.3 Å². The Morgan fingerprint density at radius 1 is 1.50 bits per heavy atom. The molecule has 0 bridgehead atoms. The molecule has 0 aromatic carbocycles. The smallest absolute Gasteiger partial charge is 0.252 e. The van der Waals surface area contributed by atoms with Crippen molar-refractivity contribution in [2.75, 3.05) is 11.9 Å². The number of nitrogens with one attached hydrogen (secondary N) is 1. The summed E-state index contributed by atoms with van der Waals surface area (Å²) in [6, 6.07) is 2.21. The monoisotopic (exact) mass is 273 g/mol. The minimum absolute atomic E-state index is 0.211. The van der Waals surface area contributed by atoms with Gasteiger partial charge in [-0.2, -0.15) is 5.26 Å². The largest absolute Gasteiger partial charge is 0.334 e. The van der Waals surface area contributed by atoms with Gasteiger partial charge in [0.2, 0.25) is 5.95 Å². The Morgan fingerprint density at radius 2 is 2.25 bits per heavy atom. The van der Waals surface area contributed by atoms with Gasteiger partial charge in [-0.25, -0.2) is 4.68 Å². The van der Waals surface area contributed by atoms with E-state index in [1.54, 1.807) is 9.58 Å². The number of nitriles is 1. The molecule has 3 rings (SSSR count). The van der Waals surface area contributed by atoms with Crippen LogP contribution in [0.25, 0.3) is 0 Å². The van der Waals surface area contributed by atoms with Gasteiger partial charge in [-0.05, 0) is 36.6 Å². The van der Waals surface area contributed by atoms with Crippen LogP contribution in [0.5, 0.6) is 0 Å². The standard InChI is InChI=1S/C12H15N7O/c1-8-9(6-19-11(18(8)2)15-16-17-19)10(20)14-12(7-13)4-3-5-12/h3-6H2,1-2H3,(H,14,20).